The number of thioether (sulfide) groups is 1. The fourth-order valence-corrected chi connectivity index (χ4v) is 4.42. The molecule has 8 heteroatoms. The minimum atomic E-state index is -0.343. The number of hydrogen-bond donors (Lipinski definition) is 0. The van der Waals surface area contributed by atoms with E-state index in [0.29, 0.717) is 33.1 Å². The minimum Gasteiger partial charge on any atom is -0.493 e. The molecule has 1 fully saturated rings. The standard InChI is InChI=1S/C25H19Cl2NO4S/c1-31-21-10-7-17(12-22(21)32-15-16-5-8-19(26)9-6-16)13-23-24(29)28(25(30)33-23)14-18-3-2-4-20(27)11-18/h2-13H,14-15H2,1H3/b23-13-. The monoisotopic (exact) mass is 499 g/mol. The third kappa shape index (κ3) is 5.71. The molecular weight excluding hydrogens is 481 g/mol. The van der Waals surface area contributed by atoms with Crippen LogP contribution in [0.15, 0.2) is 71.6 Å². The van der Waals surface area contributed by atoms with Crippen LogP contribution >= 0.6 is 35.0 Å². The molecule has 0 saturated carbocycles. The van der Waals surface area contributed by atoms with E-state index in [0.717, 1.165) is 28.5 Å². The molecule has 1 aliphatic rings. The summed E-state index contributed by atoms with van der Waals surface area (Å²) in [5, 5.41) is 0.890. The zero-order valence-electron chi connectivity index (χ0n) is 17.6. The molecule has 0 aliphatic carbocycles. The average Bonchev–Trinajstić information content (AvgIpc) is 3.06. The first kappa shape index (κ1) is 23.2. The van der Waals surface area contributed by atoms with E-state index in [-0.39, 0.29) is 17.7 Å². The number of hydrogen-bond acceptors (Lipinski definition) is 5. The van der Waals surface area contributed by atoms with Gasteiger partial charge in [-0.2, -0.15) is 0 Å². The van der Waals surface area contributed by atoms with Gasteiger partial charge in [-0.25, -0.2) is 0 Å². The molecular formula is C25H19Cl2NO4S. The summed E-state index contributed by atoms with van der Waals surface area (Å²) in [4.78, 5) is 26.9. The summed E-state index contributed by atoms with van der Waals surface area (Å²) in [6.45, 7) is 0.494. The van der Waals surface area contributed by atoms with Crippen molar-refractivity contribution in [3.8, 4) is 11.5 Å². The summed E-state index contributed by atoms with van der Waals surface area (Å²) >= 11 is 12.9. The molecule has 1 aliphatic heterocycles. The highest BCUT2D eigenvalue weighted by Gasteiger charge is 2.35. The Kier molecular flexibility index (Phi) is 7.28. The number of imide groups is 1. The second-order valence-electron chi connectivity index (χ2n) is 7.22. The maximum Gasteiger partial charge on any atom is 0.293 e. The van der Waals surface area contributed by atoms with Crippen LogP contribution in [0.1, 0.15) is 16.7 Å². The maximum absolute atomic E-state index is 12.9. The Bertz CT molecular complexity index is 1230. The first-order valence-electron chi connectivity index (χ1n) is 9.98. The normalized spacial score (nSPS) is 14.8. The molecule has 0 aromatic heterocycles. The van der Waals surface area contributed by atoms with Gasteiger partial charge in [0, 0.05) is 10.0 Å². The number of carbonyl (C=O) groups excluding carboxylic acids is 2. The third-order valence-corrected chi connectivity index (χ3v) is 6.29. The van der Waals surface area contributed by atoms with Gasteiger partial charge < -0.3 is 9.47 Å². The van der Waals surface area contributed by atoms with Crippen LogP contribution < -0.4 is 9.47 Å². The lowest BCUT2D eigenvalue weighted by atomic mass is 10.1. The molecule has 0 unspecified atom stereocenters. The van der Waals surface area contributed by atoms with Gasteiger partial charge in [-0.15, -0.1) is 0 Å². The predicted molar refractivity (Wildman–Crippen MR) is 132 cm³/mol. The van der Waals surface area contributed by atoms with E-state index in [1.807, 2.05) is 18.2 Å². The van der Waals surface area contributed by atoms with Crippen LogP contribution in [0.4, 0.5) is 4.79 Å². The van der Waals surface area contributed by atoms with Crippen molar-refractivity contribution in [1.82, 2.24) is 4.90 Å². The van der Waals surface area contributed by atoms with Crippen LogP contribution in [-0.4, -0.2) is 23.2 Å². The smallest absolute Gasteiger partial charge is 0.293 e. The van der Waals surface area contributed by atoms with Gasteiger partial charge in [0.1, 0.15) is 6.61 Å². The van der Waals surface area contributed by atoms with Gasteiger partial charge >= 0.3 is 0 Å². The molecule has 4 rings (SSSR count). The number of carbonyl (C=O) groups is 2. The Labute approximate surface area is 205 Å². The van der Waals surface area contributed by atoms with E-state index in [1.165, 1.54) is 4.90 Å². The number of halogens is 2. The van der Waals surface area contributed by atoms with Gasteiger partial charge in [0.2, 0.25) is 0 Å². The second-order valence-corrected chi connectivity index (χ2v) is 9.09. The van der Waals surface area contributed by atoms with Crippen molar-refractivity contribution in [3.63, 3.8) is 0 Å². The molecule has 0 spiro atoms. The predicted octanol–water partition coefficient (Wildman–Crippen LogP) is 6.82. The summed E-state index contributed by atoms with van der Waals surface area (Å²) in [6.07, 6.45) is 1.68. The maximum atomic E-state index is 12.9. The SMILES string of the molecule is COc1ccc(/C=C2\SC(=O)N(Cc3cccc(Cl)c3)C2=O)cc1OCc1ccc(Cl)cc1. The van der Waals surface area contributed by atoms with Gasteiger partial charge in [0.15, 0.2) is 11.5 Å². The van der Waals surface area contributed by atoms with E-state index in [1.54, 1.807) is 61.7 Å². The van der Waals surface area contributed by atoms with Gasteiger partial charge in [0.25, 0.3) is 11.1 Å². The molecule has 2 amide bonds. The number of rotatable bonds is 7. The lowest BCUT2D eigenvalue weighted by Crippen LogP contribution is -2.27. The summed E-state index contributed by atoms with van der Waals surface area (Å²) in [7, 11) is 1.56. The quantitative estimate of drug-likeness (QED) is 0.334. The number of methoxy groups -OCH3 is 1. The van der Waals surface area contributed by atoms with E-state index in [4.69, 9.17) is 32.7 Å². The summed E-state index contributed by atoms with van der Waals surface area (Å²) in [5.41, 5.74) is 2.46. The highest BCUT2D eigenvalue weighted by Crippen LogP contribution is 2.35. The van der Waals surface area contributed by atoms with Crippen molar-refractivity contribution in [2.45, 2.75) is 13.2 Å². The summed E-state index contributed by atoms with van der Waals surface area (Å²) < 4.78 is 11.3. The Hall–Kier alpha value is -2.93. The van der Waals surface area contributed by atoms with Gasteiger partial charge in [-0.3, -0.25) is 14.5 Å². The van der Waals surface area contributed by atoms with E-state index in [2.05, 4.69) is 0 Å². The average molecular weight is 500 g/mol. The van der Waals surface area contributed by atoms with Crippen LogP contribution in [0.25, 0.3) is 6.08 Å². The Balaban J connectivity index is 1.51. The summed E-state index contributed by atoms with van der Waals surface area (Å²) in [5.74, 6) is 0.749. The lowest BCUT2D eigenvalue weighted by molar-refractivity contribution is -0.123. The van der Waals surface area contributed by atoms with Crippen molar-refractivity contribution in [1.29, 1.82) is 0 Å². The van der Waals surface area contributed by atoms with Crippen LogP contribution in [-0.2, 0) is 17.9 Å². The first-order valence-corrected chi connectivity index (χ1v) is 11.6. The molecule has 3 aromatic carbocycles. The minimum absolute atomic E-state index is 0.167. The van der Waals surface area contributed by atoms with Crippen LogP contribution in [0.3, 0.4) is 0 Å². The molecule has 0 atom stereocenters. The lowest BCUT2D eigenvalue weighted by Gasteiger charge is -2.13. The first-order chi connectivity index (χ1) is 15.9. The van der Waals surface area contributed by atoms with Gasteiger partial charge in [-0.1, -0.05) is 53.5 Å². The van der Waals surface area contributed by atoms with Crippen molar-refractivity contribution >= 4 is 52.2 Å². The Morgan fingerprint density at radius 2 is 1.70 bits per heavy atom. The molecule has 5 nitrogen and oxygen atoms in total. The molecule has 168 valence electrons. The second kappa shape index (κ2) is 10.3. The van der Waals surface area contributed by atoms with Gasteiger partial charge in [-0.05, 0) is 70.9 Å². The van der Waals surface area contributed by atoms with Crippen molar-refractivity contribution in [2.24, 2.45) is 0 Å². The van der Waals surface area contributed by atoms with Crippen LogP contribution in [0.5, 0.6) is 11.5 Å². The van der Waals surface area contributed by atoms with Crippen molar-refractivity contribution in [2.75, 3.05) is 7.11 Å². The van der Waals surface area contributed by atoms with E-state index in [9.17, 15) is 9.59 Å². The molecule has 0 bridgehead atoms. The van der Waals surface area contributed by atoms with E-state index >= 15 is 0 Å². The molecule has 33 heavy (non-hydrogen) atoms. The highest BCUT2D eigenvalue weighted by atomic mass is 35.5. The van der Waals surface area contributed by atoms with Crippen LogP contribution in [0, 0.1) is 0 Å². The zero-order chi connectivity index (χ0) is 23.4. The summed E-state index contributed by atoms with van der Waals surface area (Å²) in [6, 6.07) is 19.8. The molecule has 1 saturated heterocycles. The van der Waals surface area contributed by atoms with E-state index < -0.39 is 0 Å². The largest absolute Gasteiger partial charge is 0.493 e. The molecule has 0 N–H and O–H groups in total. The fraction of sp³-hybridized carbons (Fsp3) is 0.120. The number of nitrogens with zero attached hydrogens (tertiary/aromatic N) is 1. The Morgan fingerprint density at radius 1 is 0.909 bits per heavy atom. The van der Waals surface area contributed by atoms with Crippen molar-refractivity contribution < 1.29 is 19.1 Å². The number of amides is 2. The van der Waals surface area contributed by atoms with Crippen molar-refractivity contribution in [3.05, 3.63) is 98.4 Å². The zero-order valence-corrected chi connectivity index (χ0v) is 19.9. The highest BCUT2D eigenvalue weighted by molar-refractivity contribution is 8.18. The molecule has 3 aromatic rings. The van der Waals surface area contributed by atoms with Gasteiger partial charge in [0.05, 0.1) is 18.6 Å². The topological polar surface area (TPSA) is 55.8 Å². The molecule has 0 radical (unpaired) electrons. The Morgan fingerprint density at radius 3 is 2.42 bits per heavy atom. The number of benzene rings is 3. The van der Waals surface area contributed by atoms with Crippen LogP contribution in [0.2, 0.25) is 10.0 Å². The fourth-order valence-electron chi connectivity index (χ4n) is 3.24. The number of ether oxygens (including phenoxy) is 2. The molecule has 1 heterocycles. The third-order valence-electron chi connectivity index (χ3n) is 4.90.